The number of unbranched alkanes of at least 4 members (excludes halogenated alkanes) is 33. The number of hydrogen-bond acceptors (Lipinski definition) is 6. The molecule has 0 N–H and O–H groups in total. The Hall–Kier alpha value is -3.93. The van der Waals surface area contributed by atoms with Crippen LogP contribution < -0.4 is 0 Å². The fraction of sp³-hybridized carbons (Fsp3) is 0.720. The van der Waals surface area contributed by atoms with Crippen molar-refractivity contribution in [2.45, 2.75) is 335 Å². The van der Waals surface area contributed by atoms with E-state index in [2.05, 4.69) is 130 Å². The number of ether oxygens (including phenoxy) is 3. The summed E-state index contributed by atoms with van der Waals surface area (Å²) in [7, 11) is 0. The molecule has 0 saturated heterocycles. The monoisotopic (exact) mass is 1120 g/mol. The van der Waals surface area contributed by atoms with Gasteiger partial charge in [0.05, 0.1) is 0 Å². The molecule has 0 rings (SSSR count). The van der Waals surface area contributed by atoms with Gasteiger partial charge in [0.1, 0.15) is 13.2 Å². The second-order valence-electron chi connectivity index (χ2n) is 22.7. The third-order valence-electron chi connectivity index (χ3n) is 14.7. The third kappa shape index (κ3) is 66.8. The fourth-order valence-electron chi connectivity index (χ4n) is 9.59. The molecule has 0 aliphatic heterocycles. The van der Waals surface area contributed by atoms with E-state index >= 15 is 0 Å². The molecule has 6 heteroatoms. The number of carbonyl (C=O) groups excluding carboxylic acids is 3. The van der Waals surface area contributed by atoms with E-state index in [1.54, 1.807) is 0 Å². The zero-order valence-electron chi connectivity index (χ0n) is 53.3. The van der Waals surface area contributed by atoms with Crippen LogP contribution in [0.2, 0.25) is 0 Å². The van der Waals surface area contributed by atoms with Gasteiger partial charge in [-0.15, -0.1) is 0 Å². The average molecular weight is 1130 g/mol. The van der Waals surface area contributed by atoms with Crippen LogP contribution in [0.25, 0.3) is 0 Å². The van der Waals surface area contributed by atoms with Crippen LogP contribution in [0.5, 0.6) is 0 Å². The highest BCUT2D eigenvalue weighted by Crippen LogP contribution is 2.16. The summed E-state index contributed by atoms with van der Waals surface area (Å²) in [4.78, 5) is 38.5. The van der Waals surface area contributed by atoms with E-state index in [1.807, 2.05) is 0 Å². The number of allylic oxidation sites excluding steroid dienone is 18. The first-order chi connectivity index (χ1) is 40.0. The second-order valence-corrected chi connectivity index (χ2v) is 22.7. The minimum atomic E-state index is -0.791. The highest BCUT2D eigenvalue weighted by molar-refractivity contribution is 5.71. The normalized spacial score (nSPS) is 12.8. The van der Waals surface area contributed by atoms with Crippen LogP contribution in [0, 0.1) is 0 Å². The molecule has 0 spiro atoms. The topological polar surface area (TPSA) is 78.9 Å². The summed E-state index contributed by atoms with van der Waals surface area (Å²) < 4.78 is 17.0. The minimum absolute atomic E-state index is 0.0864. The third-order valence-corrected chi connectivity index (χ3v) is 14.7. The van der Waals surface area contributed by atoms with E-state index < -0.39 is 6.10 Å². The Morgan fingerprint density at radius 1 is 0.259 bits per heavy atom. The highest BCUT2D eigenvalue weighted by Gasteiger charge is 2.19. The molecule has 464 valence electrons. The van der Waals surface area contributed by atoms with Crippen molar-refractivity contribution < 1.29 is 28.6 Å². The van der Waals surface area contributed by atoms with Gasteiger partial charge in [0, 0.05) is 19.3 Å². The molecule has 0 aromatic heterocycles. The molecule has 81 heavy (non-hydrogen) atoms. The van der Waals surface area contributed by atoms with Crippen molar-refractivity contribution in [1.29, 1.82) is 0 Å². The lowest BCUT2D eigenvalue weighted by Gasteiger charge is -2.18. The van der Waals surface area contributed by atoms with Gasteiger partial charge in [-0.25, -0.2) is 0 Å². The Balaban J connectivity index is 4.41. The first kappa shape index (κ1) is 77.1. The summed E-state index contributed by atoms with van der Waals surface area (Å²) in [5, 5.41) is 0. The van der Waals surface area contributed by atoms with Gasteiger partial charge >= 0.3 is 17.9 Å². The smallest absolute Gasteiger partial charge is 0.306 e. The van der Waals surface area contributed by atoms with Crippen LogP contribution in [0.15, 0.2) is 109 Å². The summed E-state index contributed by atoms with van der Waals surface area (Å²) in [6.07, 6.45) is 93.8. The van der Waals surface area contributed by atoms with E-state index in [0.29, 0.717) is 19.3 Å². The van der Waals surface area contributed by atoms with Crippen LogP contribution in [0.4, 0.5) is 0 Å². The first-order valence-electron chi connectivity index (χ1n) is 34.4. The van der Waals surface area contributed by atoms with Crippen molar-refractivity contribution in [1.82, 2.24) is 0 Å². The number of hydrogen-bond donors (Lipinski definition) is 0. The van der Waals surface area contributed by atoms with Crippen LogP contribution in [0.1, 0.15) is 329 Å². The van der Waals surface area contributed by atoms with E-state index in [1.165, 1.54) is 173 Å². The lowest BCUT2D eigenvalue weighted by molar-refractivity contribution is -0.167. The van der Waals surface area contributed by atoms with Crippen molar-refractivity contribution in [3.05, 3.63) is 109 Å². The summed E-state index contributed by atoms with van der Waals surface area (Å²) >= 11 is 0. The molecule has 0 radical (unpaired) electrons. The van der Waals surface area contributed by atoms with Gasteiger partial charge in [0.2, 0.25) is 0 Å². The van der Waals surface area contributed by atoms with Gasteiger partial charge in [-0.2, -0.15) is 0 Å². The van der Waals surface area contributed by atoms with Gasteiger partial charge in [-0.3, -0.25) is 14.4 Å². The maximum absolute atomic E-state index is 13.0. The summed E-state index contributed by atoms with van der Waals surface area (Å²) in [6, 6.07) is 0. The summed E-state index contributed by atoms with van der Waals surface area (Å²) in [5.41, 5.74) is 0. The Bertz CT molecular complexity index is 1620. The molecule has 0 bridgehead atoms. The van der Waals surface area contributed by atoms with E-state index in [-0.39, 0.29) is 31.1 Å². The van der Waals surface area contributed by atoms with Crippen LogP contribution in [-0.4, -0.2) is 37.2 Å². The van der Waals surface area contributed by atoms with E-state index in [4.69, 9.17) is 14.2 Å². The zero-order valence-corrected chi connectivity index (χ0v) is 53.3. The van der Waals surface area contributed by atoms with Crippen molar-refractivity contribution >= 4 is 17.9 Å². The molecule has 1 atom stereocenters. The molecular weight excluding hydrogens is 997 g/mol. The predicted molar refractivity (Wildman–Crippen MR) is 353 cm³/mol. The molecule has 0 saturated carbocycles. The fourth-order valence-corrected chi connectivity index (χ4v) is 9.59. The number of carbonyl (C=O) groups is 3. The zero-order chi connectivity index (χ0) is 58.5. The quantitative estimate of drug-likeness (QED) is 0.0261. The molecule has 0 aliphatic rings. The highest BCUT2D eigenvalue weighted by atomic mass is 16.6. The molecular formula is C75H128O6. The van der Waals surface area contributed by atoms with Gasteiger partial charge < -0.3 is 14.2 Å². The number of esters is 3. The maximum atomic E-state index is 13.0. The van der Waals surface area contributed by atoms with Gasteiger partial charge in [-0.05, 0) is 128 Å². The molecule has 0 fully saturated rings. The van der Waals surface area contributed by atoms with E-state index in [0.717, 1.165) is 116 Å². The Morgan fingerprint density at radius 2 is 0.481 bits per heavy atom. The SMILES string of the molecule is CC/C=C\C/C=C\C/C=C\C/C=C\C/C=C\CCCCCCCCCC(=O)OCC(COC(=O)CCCCCCCCC/C=C\C/C=C\CCCCC)OC(=O)CCCCCCCCCCCCC/C=C\C/C=C\CCCCCCC. The molecule has 1 unspecified atom stereocenters. The van der Waals surface area contributed by atoms with Crippen LogP contribution in [-0.2, 0) is 28.6 Å². The molecule has 0 amide bonds. The molecule has 0 aromatic carbocycles. The van der Waals surface area contributed by atoms with Crippen molar-refractivity contribution in [2.75, 3.05) is 13.2 Å². The Morgan fingerprint density at radius 3 is 0.778 bits per heavy atom. The number of rotatable bonds is 62. The molecule has 6 nitrogen and oxygen atoms in total. The van der Waals surface area contributed by atoms with Gasteiger partial charge in [0.25, 0.3) is 0 Å². The first-order valence-corrected chi connectivity index (χ1v) is 34.4. The Labute approximate surface area is 501 Å². The largest absolute Gasteiger partial charge is 0.462 e. The maximum Gasteiger partial charge on any atom is 0.306 e. The van der Waals surface area contributed by atoms with Crippen molar-refractivity contribution in [3.8, 4) is 0 Å². The van der Waals surface area contributed by atoms with Gasteiger partial charge in [-0.1, -0.05) is 291 Å². The van der Waals surface area contributed by atoms with E-state index in [9.17, 15) is 14.4 Å². The predicted octanol–water partition coefficient (Wildman–Crippen LogP) is 23.8. The molecule has 0 aromatic rings. The molecule has 0 aliphatic carbocycles. The van der Waals surface area contributed by atoms with Gasteiger partial charge in [0.15, 0.2) is 6.10 Å². The average Bonchev–Trinajstić information content (AvgIpc) is 3.47. The van der Waals surface area contributed by atoms with Crippen LogP contribution >= 0.6 is 0 Å². The Kier molecular flexibility index (Phi) is 65.2. The minimum Gasteiger partial charge on any atom is -0.462 e. The van der Waals surface area contributed by atoms with Crippen molar-refractivity contribution in [2.24, 2.45) is 0 Å². The summed E-state index contributed by atoms with van der Waals surface area (Å²) in [5.74, 6) is -0.895. The second kappa shape index (κ2) is 68.6. The molecule has 0 heterocycles. The van der Waals surface area contributed by atoms with Crippen LogP contribution in [0.3, 0.4) is 0 Å². The summed E-state index contributed by atoms with van der Waals surface area (Å²) in [6.45, 7) is 6.51. The lowest BCUT2D eigenvalue weighted by Crippen LogP contribution is -2.30. The van der Waals surface area contributed by atoms with Crippen molar-refractivity contribution in [3.63, 3.8) is 0 Å². The standard InChI is InChI=1S/C75H128O6/c1-4-7-10-13-16-19-22-25-28-31-33-35-37-39-41-44-47-50-53-56-59-62-65-68-74(77)80-71-72(70-79-73(76)67-64-61-58-55-52-49-46-43-30-27-24-21-18-15-12-9-6-3)81-75(78)69-66-63-60-57-54-51-48-45-42-40-38-36-34-32-29-26-23-20-17-14-11-8-5-2/h7,10,16,18-19,21,23,25-28,30,32-35,39,41,72H,4-6,8-9,11-15,17,20,22,24,29,31,36-38,40,42-71H2,1-3H3/b10-7-,19-16-,21-18-,26-23-,28-25-,30-27-,34-32-,35-33-,41-39-. The lowest BCUT2D eigenvalue weighted by atomic mass is 10.0.